The van der Waals surface area contributed by atoms with E-state index in [9.17, 15) is 0 Å². The average Bonchev–Trinajstić information content (AvgIpc) is 2.39. The SMILES string of the molecule is Cc1nccc(N2CC[C@@H](C)O[C@@H](C)C2)n1. The second-order valence-corrected chi connectivity index (χ2v) is 4.45. The maximum Gasteiger partial charge on any atom is 0.132 e. The number of nitrogens with zero attached hydrogens (tertiary/aromatic N) is 3. The van der Waals surface area contributed by atoms with Crippen molar-refractivity contribution in [3.05, 3.63) is 18.1 Å². The molecule has 4 heteroatoms. The molecule has 0 spiro atoms. The van der Waals surface area contributed by atoms with Gasteiger partial charge in [0.1, 0.15) is 11.6 Å². The van der Waals surface area contributed by atoms with Gasteiger partial charge >= 0.3 is 0 Å². The number of hydrogen-bond acceptors (Lipinski definition) is 4. The molecule has 1 saturated heterocycles. The van der Waals surface area contributed by atoms with Gasteiger partial charge < -0.3 is 9.64 Å². The second-order valence-electron chi connectivity index (χ2n) is 4.45. The highest BCUT2D eigenvalue weighted by Crippen LogP contribution is 2.17. The number of ether oxygens (including phenoxy) is 1. The van der Waals surface area contributed by atoms with E-state index in [1.807, 2.05) is 19.2 Å². The molecule has 16 heavy (non-hydrogen) atoms. The molecular weight excluding hydrogens is 202 g/mol. The number of hydrogen-bond donors (Lipinski definition) is 0. The van der Waals surface area contributed by atoms with Crippen molar-refractivity contribution in [3.8, 4) is 0 Å². The highest BCUT2D eigenvalue weighted by atomic mass is 16.5. The molecule has 0 amide bonds. The van der Waals surface area contributed by atoms with Crippen LogP contribution in [0.2, 0.25) is 0 Å². The average molecular weight is 221 g/mol. The largest absolute Gasteiger partial charge is 0.374 e. The molecule has 0 saturated carbocycles. The first-order valence-corrected chi connectivity index (χ1v) is 5.85. The predicted molar refractivity (Wildman–Crippen MR) is 63.6 cm³/mol. The molecule has 0 aliphatic carbocycles. The Kier molecular flexibility index (Phi) is 3.39. The van der Waals surface area contributed by atoms with Crippen LogP contribution in [0.1, 0.15) is 26.1 Å². The number of rotatable bonds is 1. The van der Waals surface area contributed by atoms with Gasteiger partial charge in [0.25, 0.3) is 0 Å². The zero-order valence-electron chi connectivity index (χ0n) is 10.2. The lowest BCUT2D eigenvalue weighted by atomic mass is 10.3. The Morgan fingerprint density at radius 3 is 2.94 bits per heavy atom. The third kappa shape index (κ3) is 2.70. The molecule has 1 aromatic heterocycles. The van der Waals surface area contributed by atoms with Gasteiger partial charge in [0.2, 0.25) is 0 Å². The molecule has 2 heterocycles. The Morgan fingerprint density at radius 1 is 1.38 bits per heavy atom. The van der Waals surface area contributed by atoms with Gasteiger partial charge in [-0.2, -0.15) is 0 Å². The van der Waals surface area contributed by atoms with Crippen LogP contribution in [0.15, 0.2) is 12.3 Å². The van der Waals surface area contributed by atoms with Crippen LogP contribution in [-0.4, -0.2) is 35.3 Å². The highest BCUT2D eigenvalue weighted by molar-refractivity contribution is 5.37. The van der Waals surface area contributed by atoms with E-state index in [4.69, 9.17) is 4.74 Å². The summed E-state index contributed by atoms with van der Waals surface area (Å²) >= 11 is 0. The summed E-state index contributed by atoms with van der Waals surface area (Å²) in [5.74, 6) is 1.83. The van der Waals surface area contributed by atoms with Crippen molar-refractivity contribution in [3.63, 3.8) is 0 Å². The zero-order valence-corrected chi connectivity index (χ0v) is 10.2. The van der Waals surface area contributed by atoms with Crippen molar-refractivity contribution >= 4 is 5.82 Å². The molecule has 1 fully saturated rings. The van der Waals surface area contributed by atoms with Crippen molar-refractivity contribution in [1.29, 1.82) is 0 Å². The maximum absolute atomic E-state index is 5.81. The van der Waals surface area contributed by atoms with Crippen LogP contribution in [0.4, 0.5) is 5.82 Å². The first kappa shape index (κ1) is 11.3. The molecule has 2 rings (SSSR count). The van der Waals surface area contributed by atoms with Gasteiger partial charge in [-0.1, -0.05) is 0 Å². The lowest BCUT2D eigenvalue weighted by molar-refractivity contribution is 0.0211. The number of anilines is 1. The Labute approximate surface area is 96.7 Å². The van der Waals surface area contributed by atoms with E-state index in [2.05, 4.69) is 28.7 Å². The first-order chi connectivity index (χ1) is 7.65. The Balaban J connectivity index is 2.14. The minimum absolute atomic E-state index is 0.257. The summed E-state index contributed by atoms with van der Waals surface area (Å²) in [5.41, 5.74) is 0. The van der Waals surface area contributed by atoms with Crippen LogP contribution in [0, 0.1) is 6.92 Å². The van der Waals surface area contributed by atoms with Gasteiger partial charge in [-0.3, -0.25) is 0 Å². The molecule has 0 aromatic carbocycles. The lowest BCUT2D eigenvalue weighted by Gasteiger charge is -2.23. The normalized spacial score (nSPS) is 26.6. The predicted octanol–water partition coefficient (Wildman–Crippen LogP) is 1.79. The van der Waals surface area contributed by atoms with E-state index in [1.165, 1.54) is 0 Å². The minimum atomic E-state index is 0.257. The maximum atomic E-state index is 5.81. The molecular formula is C12H19N3O. The van der Waals surface area contributed by atoms with Crippen molar-refractivity contribution in [2.45, 2.75) is 39.4 Å². The molecule has 0 unspecified atom stereocenters. The van der Waals surface area contributed by atoms with Gasteiger partial charge in [0, 0.05) is 19.3 Å². The van der Waals surface area contributed by atoms with E-state index in [-0.39, 0.29) is 6.10 Å². The monoisotopic (exact) mass is 221 g/mol. The molecule has 2 atom stereocenters. The second kappa shape index (κ2) is 4.78. The number of aryl methyl sites for hydroxylation is 1. The Bertz CT molecular complexity index is 356. The van der Waals surface area contributed by atoms with Crippen molar-refractivity contribution in [2.75, 3.05) is 18.0 Å². The molecule has 0 N–H and O–H groups in total. The summed E-state index contributed by atoms with van der Waals surface area (Å²) in [7, 11) is 0. The lowest BCUT2D eigenvalue weighted by Crippen LogP contribution is -2.30. The summed E-state index contributed by atoms with van der Waals surface area (Å²) in [6.45, 7) is 8.07. The van der Waals surface area contributed by atoms with E-state index in [0.717, 1.165) is 31.2 Å². The van der Waals surface area contributed by atoms with E-state index >= 15 is 0 Å². The van der Waals surface area contributed by atoms with Gasteiger partial charge in [-0.15, -0.1) is 0 Å². The van der Waals surface area contributed by atoms with Crippen LogP contribution in [0.3, 0.4) is 0 Å². The van der Waals surface area contributed by atoms with Gasteiger partial charge in [0.05, 0.1) is 12.2 Å². The van der Waals surface area contributed by atoms with Gasteiger partial charge in [-0.05, 0) is 33.3 Å². The smallest absolute Gasteiger partial charge is 0.132 e. The molecule has 1 aliphatic heterocycles. The standard InChI is InChI=1S/C12H19N3O/c1-9-5-7-15(8-10(2)16-9)12-4-6-13-11(3)14-12/h4,6,9-10H,5,7-8H2,1-3H3/t9-,10+/m1/s1. The molecule has 1 aliphatic rings. The zero-order chi connectivity index (χ0) is 11.5. The van der Waals surface area contributed by atoms with E-state index in [0.29, 0.717) is 6.10 Å². The fourth-order valence-corrected chi connectivity index (χ4v) is 2.07. The van der Waals surface area contributed by atoms with Crippen LogP contribution in [0.25, 0.3) is 0 Å². The fraction of sp³-hybridized carbons (Fsp3) is 0.667. The van der Waals surface area contributed by atoms with Crippen LogP contribution >= 0.6 is 0 Å². The third-order valence-electron chi connectivity index (χ3n) is 2.83. The first-order valence-electron chi connectivity index (χ1n) is 5.85. The quantitative estimate of drug-likeness (QED) is 0.724. The summed E-state index contributed by atoms with van der Waals surface area (Å²) < 4.78 is 5.81. The summed E-state index contributed by atoms with van der Waals surface area (Å²) in [6.07, 6.45) is 3.46. The summed E-state index contributed by atoms with van der Waals surface area (Å²) in [6, 6.07) is 1.97. The minimum Gasteiger partial charge on any atom is -0.374 e. The topological polar surface area (TPSA) is 38.2 Å². The Morgan fingerprint density at radius 2 is 2.19 bits per heavy atom. The summed E-state index contributed by atoms with van der Waals surface area (Å²) in [5, 5.41) is 0. The molecule has 0 radical (unpaired) electrons. The molecule has 0 bridgehead atoms. The van der Waals surface area contributed by atoms with Gasteiger partial charge in [0.15, 0.2) is 0 Å². The molecule has 1 aromatic rings. The third-order valence-corrected chi connectivity index (χ3v) is 2.83. The van der Waals surface area contributed by atoms with Crippen LogP contribution < -0.4 is 4.90 Å². The molecule has 4 nitrogen and oxygen atoms in total. The highest BCUT2D eigenvalue weighted by Gasteiger charge is 2.20. The van der Waals surface area contributed by atoms with E-state index < -0.39 is 0 Å². The van der Waals surface area contributed by atoms with Crippen LogP contribution in [-0.2, 0) is 4.74 Å². The summed E-state index contributed by atoms with van der Waals surface area (Å²) in [4.78, 5) is 10.9. The van der Waals surface area contributed by atoms with E-state index in [1.54, 1.807) is 0 Å². The van der Waals surface area contributed by atoms with Crippen molar-refractivity contribution in [2.24, 2.45) is 0 Å². The Hall–Kier alpha value is -1.16. The van der Waals surface area contributed by atoms with Crippen molar-refractivity contribution in [1.82, 2.24) is 9.97 Å². The number of aromatic nitrogens is 2. The van der Waals surface area contributed by atoms with Crippen LogP contribution in [0.5, 0.6) is 0 Å². The molecule has 88 valence electrons. The van der Waals surface area contributed by atoms with Crippen molar-refractivity contribution < 1.29 is 4.74 Å². The van der Waals surface area contributed by atoms with Gasteiger partial charge in [-0.25, -0.2) is 9.97 Å². The fourth-order valence-electron chi connectivity index (χ4n) is 2.07.